The fourth-order valence-electron chi connectivity index (χ4n) is 4.73. The van der Waals surface area contributed by atoms with Crippen molar-refractivity contribution in [1.29, 1.82) is 0 Å². The third-order valence-corrected chi connectivity index (χ3v) is 6.52. The number of fused-ring (bicyclic) bond motifs is 3. The van der Waals surface area contributed by atoms with Crippen LogP contribution in [0.5, 0.6) is 0 Å². The molecule has 0 N–H and O–H groups in total. The van der Waals surface area contributed by atoms with Crippen LogP contribution in [0.3, 0.4) is 0 Å². The molecular formula is C28H26N4O5. The number of hydrogen-bond donors (Lipinski definition) is 0. The van der Waals surface area contributed by atoms with Crippen molar-refractivity contribution in [2.45, 2.75) is 25.8 Å². The summed E-state index contributed by atoms with van der Waals surface area (Å²) in [6, 6.07) is 20.1. The van der Waals surface area contributed by atoms with Gasteiger partial charge in [0.15, 0.2) is 0 Å². The molecule has 9 heteroatoms. The lowest BCUT2D eigenvalue weighted by molar-refractivity contribution is -0.384. The molecule has 37 heavy (non-hydrogen) atoms. The summed E-state index contributed by atoms with van der Waals surface area (Å²) in [5.74, 6) is 0.0113. The van der Waals surface area contributed by atoms with Gasteiger partial charge in [0.1, 0.15) is 18.3 Å². The van der Waals surface area contributed by atoms with Gasteiger partial charge in [-0.1, -0.05) is 25.5 Å². The van der Waals surface area contributed by atoms with Crippen molar-refractivity contribution in [3.63, 3.8) is 0 Å². The van der Waals surface area contributed by atoms with Gasteiger partial charge in [-0.2, -0.15) is 0 Å². The third-order valence-electron chi connectivity index (χ3n) is 6.52. The fourth-order valence-corrected chi connectivity index (χ4v) is 4.73. The quantitative estimate of drug-likeness (QED) is 0.240. The van der Waals surface area contributed by atoms with Crippen molar-refractivity contribution in [3.8, 4) is 5.69 Å². The first-order valence-electron chi connectivity index (χ1n) is 12.2. The molecule has 9 nitrogen and oxygen atoms in total. The Kier molecular flexibility index (Phi) is 6.59. The molecule has 2 aromatic carbocycles. The number of nitro benzene ring substituents is 1. The molecule has 0 aliphatic carbocycles. The van der Waals surface area contributed by atoms with Crippen LogP contribution in [0.1, 0.15) is 47.6 Å². The van der Waals surface area contributed by atoms with Gasteiger partial charge >= 0.3 is 0 Å². The molecule has 188 valence electrons. The van der Waals surface area contributed by atoms with Crippen LogP contribution in [-0.2, 0) is 4.79 Å². The Morgan fingerprint density at radius 3 is 2.43 bits per heavy atom. The van der Waals surface area contributed by atoms with Gasteiger partial charge in [0.25, 0.3) is 11.6 Å². The Labute approximate surface area is 213 Å². The number of para-hydroxylation sites is 2. The number of nitrogens with zero attached hydrogens (tertiary/aromatic N) is 4. The van der Waals surface area contributed by atoms with E-state index in [1.54, 1.807) is 17.2 Å². The smallest absolute Gasteiger partial charge is 0.269 e. The van der Waals surface area contributed by atoms with Gasteiger partial charge < -0.3 is 13.9 Å². The van der Waals surface area contributed by atoms with Crippen LogP contribution in [0.25, 0.3) is 5.69 Å². The van der Waals surface area contributed by atoms with E-state index in [4.69, 9.17) is 4.42 Å². The summed E-state index contributed by atoms with van der Waals surface area (Å²) in [7, 11) is 0. The number of unbranched alkanes of at least 4 members (excludes halogenated alkanes) is 1. The maximum absolute atomic E-state index is 14.0. The van der Waals surface area contributed by atoms with Gasteiger partial charge in [-0.15, -0.1) is 0 Å². The molecule has 3 heterocycles. The summed E-state index contributed by atoms with van der Waals surface area (Å²) in [5.41, 5.74) is 2.66. The van der Waals surface area contributed by atoms with Crippen molar-refractivity contribution in [2.24, 2.45) is 0 Å². The minimum atomic E-state index is -0.509. The minimum Gasteiger partial charge on any atom is -0.467 e. The lowest BCUT2D eigenvalue weighted by atomic mass is 10.0. The second kappa shape index (κ2) is 10.1. The van der Waals surface area contributed by atoms with Crippen molar-refractivity contribution >= 4 is 23.2 Å². The molecule has 2 amide bonds. The van der Waals surface area contributed by atoms with Crippen LogP contribution >= 0.6 is 0 Å². The molecule has 0 saturated heterocycles. The Morgan fingerprint density at radius 1 is 1.00 bits per heavy atom. The third kappa shape index (κ3) is 4.51. The molecule has 0 fully saturated rings. The molecule has 0 radical (unpaired) electrons. The highest BCUT2D eigenvalue weighted by Gasteiger charge is 2.38. The lowest BCUT2D eigenvalue weighted by Gasteiger charge is -2.38. The number of anilines is 1. The van der Waals surface area contributed by atoms with E-state index in [1.165, 1.54) is 29.2 Å². The number of amides is 2. The predicted octanol–water partition coefficient (Wildman–Crippen LogP) is 5.36. The lowest BCUT2D eigenvalue weighted by Crippen LogP contribution is -2.47. The molecule has 4 aromatic rings. The SMILES string of the molecule is CCCCN(CC(=O)N1c2ccccc2-n2cccc2C1c1ccco1)C(=O)c1ccc([N+](=O)[O-])cc1. The molecule has 2 aromatic heterocycles. The summed E-state index contributed by atoms with van der Waals surface area (Å²) in [6.07, 6.45) is 5.09. The van der Waals surface area contributed by atoms with E-state index >= 15 is 0 Å². The Hall–Kier alpha value is -4.66. The van der Waals surface area contributed by atoms with E-state index in [1.807, 2.05) is 60.2 Å². The van der Waals surface area contributed by atoms with Crippen LogP contribution in [0.15, 0.2) is 89.7 Å². The van der Waals surface area contributed by atoms with Crippen molar-refractivity contribution in [2.75, 3.05) is 18.0 Å². The first-order chi connectivity index (χ1) is 18.0. The van der Waals surface area contributed by atoms with E-state index in [2.05, 4.69) is 0 Å². The van der Waals surface area contributed by atoms with Crippen LogP contribution in [0.2, 0.25) is 0 Å². The summed E-state index contributed by atoms with van der Waals surface area (Å²) in [6.45, 7) is 2.25. The largest absolute Gasteiger partial charge is 0.467 e. The Bertz CT molecular complexity index is 1430. The minimum absolute atomic E-state index is 0.0954. The van der Waals surface area contributed by atoms with Crippen LogP contribution in [0, 0.1) is 10.1 Å². The standard InChI is InChI=1S/C28H26N4O5/c1-2-3-16-29(28(34)20-12-14-21(15-13-20)32(35)36)19-26(33)31-23-9-5-4-8-22(23)30-17-6-10-24(30)27(31)25-11-7-18-37-25/h4-15,17-18,27H,2-3,16,19H2,1H3. The number of carbonyl (C=O) groups is 2. The van der Waals surface area contributed by atoms with Gasteiger partial charge in [-0.3, -0.25) is 24.6 Å². The number of non-ortho nitro benzene ring substituents is 1. The van der Waals surface area contributed by atoms with E-state index in [-0.39, 0.29) is 24.0 Å². The van der Waals surface area contributed by atoms with Crippen LogP contribution < -0.4 is 4.90 Å². The average molecular weight is 499 g/mol. The number of benzene rings is 2. The molecule has 1 unspecified atom stereocenters. The number of nitro groups is 1. The second-order valence-corrected chi connectivity index (χ2v) is 8.86. The van der Waals surface area contributed by atoms with Gasteiger partial charge in [0.05, 0.1) is 28.3 Å². The zero-order valence-corrected chi connectivity index (χ0v) is 20.3. The van der Waals surface area contributed by atoms with E-state index in [9.17, 15) is 19.7 Å². The first-order valence-corrected chi connectivity index (χ1v) is 12.2. The molecule has 5 rings (SSSR count). The topological polar surface area (TPSA) is 102 Å². The number of furan rings is 1. The molecule has 1 aliphatic heterocycles. The van der Waals surface area contributed by atoms with Gasteiger partial charge in [0, 0.05) is 30.4 Å². The number of rotatable bonds is 8. The average Bonchev–Trinajstić information content (AvgIpc) is 3.63. The van der Waals surface area contributed by atoms with E-state index in [0.29, 0.717) is 24.3 Å². The van der Waals surface area contributed by atoms with Gasteiger partial charge in [0.2, 0.25) is 5.91 Å². The highest BCUT2D eigenvalue weighted by molar-refractivity contribution is 6.02. The molecule has 0 saturated carbocycles. The molecule has 0 spiro atoms. The van der Waals surface area contributed by atoms with Crippen molar-refractivity contribution in [3.05, 3.63) is 112 Å². The normalized spacial score (nSPS) is 14.1. The number of carbonyl (C=O) groups excluding carboxylic acids is 2. The summed E-state index contributed by atoms with van der Waals surface area (Å²) in [5, 5.41) is 11.0. The molecular weight excluding hydrogens is 472 g/mol. The first kappa shape index (κ1) is 24.1. The molecule has 0 bridgehead atoms. The zero-order valence-electron chi connectivity index (χ0n) is 20.3. The maximum Gasteiger partial charge on any atom is 0.269 e. The summed E-state index contributed by atoms with van der Waals surface area (Å²) >= 11 is 0. The van der Waals surface area contributed by atoms with E-state index in [0.717, 1.165) is 23.5 Å². The van der Waals surface area contributed by atoms with Crippen molar-refractivity contribution in [1.82, 2.24) is 9.47 Å². The van der Waals surface area contributed by atoms with Gasteiger partial charge in [-0.05, 0) is 55.0 Å². The Balaban J connectivity index is 1.50. The van der Waals surface area contributed by atoms with Crippen LogP contribution in [0.4, 0.5) is 11.4 Å². The number of aromatic nitrogens is 1. The summed E-state index contributed by atoms with van der Waals surface area (Å²) < 4.78 is 7.81. The molecule has 1 aliphatic rings. The van der Waals surface area contributed by atoms with Crippen molar-refractivity contribution < 1.29 is 18.9 Å². The molecule has 1 atom stereocenters. The second-order valence-electron chi connectivity index (χ2n) is 8.86. The van der Waals surface area contributed by atoms with Gasteiger partial charge in [-0.25, -0.2) is 0 Å². The van der Waals surface area contributed by atoms with Crippen LogP contribution in [-0.4, -0.2) is 39.3 Å². The summed E-state index contributed by atoms with van der Waals surface area (Å²) in [4.78, 5) is 41.2. The number of hydrogen-bond acceptors (Lipinski definition) is 5. The zero-order chi connectivity index (χ0) is 25.9. The maximum atomic E-state index is 14.0. The highest BCUT2D eigenvalue weighted by Crippen LogP contribution is 2.42. The Morgan fingerprint density at radius 2 is 1.76 bits per heavy atom. The highest BCUT2D eigenvalue weighted by atomic mass is 16.6. The fraction of sp³-hybridized carbons (Fsp3) is 0.214. The predicted molar refractivity (Wildman–Crippen MR) is 138 cm³/mol. The van der Waals surface area contributed by atoms with E-state index < -0.39 is 11.0 Å². The monoisotopic (exact) mass is 498 g/mol.